The van der Waals surface area contributed by atoms with E-state index in [0.29, 0.717) is 5.92 Å². The first-order chi connectivity index (χ1) is 5.99. The van der Waals surface area contributed by atoms with Gasteiger partial charge in [0.2, 0.25) is 0 Å². The SMILES string of the molecule is CC(C)C(CCO)NC(C)C(C)O. The molecule has 3 N–H and O–H groups in total. The van der Waals surface area contributed by atoms with Crippen molar-refractivity contribution in [2.45, 2.75) is 52.3 Å². The summed E-state index contributed by atoms with van der Waals surface area (Å²) in [6.07, 6.45) is 0.397. The third kappa shape index (κ3) is 5.24. The van der Waals surface area contributed by atoms with Gasteiger partial charge in [-0.15, -0.1) is 0 Å². The molecule has 3 nitrogen and oxygen atoms in total. The van der Waals surface area contributed by atoms with Crippen LogP contribution in [0.5, 0.6) is 0 Å². The van der Waals surface area contributed by atoms with Gasteiger partial charge in [-0.25, -0.2) is 0 Å². The van der Waals surface area contributed by atoms with Crippen molar-refractivity contribution in [3.8, 4) is 0 Å². The van der Waals surface area contributed by atoms with Gasteiger partial charge < -0.3 is 15.5 Å². The molecule has 0 aromatic heterocycles. The summed E-state index contributed by atoms with van der Waals surface area (Å²) in [5, 5.41) is 21.4. The van der Waals surface area contributed by atoms with Gasteiger partial charge in [0, 0.05) is 18.7 Å². The van der Waals surface area contributed by atoms with Gasteiger partial charge in [-0.1, -0.05) is 13.8 Å². The van der Waals surface area contributed by atoms with Crippen molar-refractivity contribution in [3.05, 3.63) is 0 Å². The van der Waals surface area contributed by atoms with Gasteiger partial charge in [-0.05, 0) is 26.2 Å². The summed E-state index contributed by atoms with van der Waals surface area (Å²) >= 11 is 0. The first kappa shape index (κ1) is 12.9. The predicted octanol–water partition coefficient (Wildman–Crippen LogP) is 0.752. The fourth-order valence-corrected chi connectivity index (χ4v) is 1.23. The lowest BCUT2D eigenvalue weighted by Gasteiger charge is -2.27. The molecule has 0 heterocycles. The molecule has 80 valence electrons. The number of rotatable bonds is 6. The third-order valence-electron chi connectivity index (χ3n) is 2.45. The number of aliphatic hydroxyl groups excluding tert-OH is 2. The fraction of sp³-hybridized carbons (Fsp3) is 1.00. The minimum Gasteiger partial charge on any atom is -0.396 e. The van der Waals surface area contributed by atoms with Crippen LogP contribution in [0.2, 0.25) is 0 Å². The maximum atomic E-state index is 9.29. The average Bonchev–Trinajstić information content (AvgIpc) is 2.03. The van der Waals surface area contributed by atoms with Crippen LogP contribution in [0.25, 0.3) is 0 Å². The summed E-state index contributed by atoms with van der Waals surface area (Å²) in [5.41, 5.74) is 0. The zero-order chi connectivity index (χ0) is 10.4. The second kappa shape index (κ2) is 6.35. The Kier molecular flexibility index (Phi) is 6.29. The van der Waals surface area contributed by atoms with E-state index >= 15 is 0 Å². The molecule has 3 atom stereocenters. The van der Waals surface area contributed by atoms with Crippen LogP contribution in [-0.2, 0) is 0 Å². The van der Waals surface area contributed by atoms with Crippen molar-refractivity contribution in [3.63, 3.8) is 0 Å². The molecule has 0 radical (unpaired) electrons. The number of hydrogen-bond donors (Lipinski definition) is 3. The molecule has 0 saturated carbocycles. The molecule has 3 unspecified atom stereocenters. The Morgan fingerprint density at radius 3 is 2.00 bits per heavy atom. The molecular formula is C10H23NO2. The van der Waals surface area contributed by atoms with Crippen LogP contribution in [0.1, 0.15) is 34.1 Å². The van der Waals surface area contributed by atoms with Crippen LogP contribution < -0.4 is 5.32 Å². The molecule has 0 spiro atoms. The van der Waals surface area contributed by atoms with Gasteiger partial charge in [0.25, 0.3) is 0 Å². The molecular weight excluding hydrogens is 166 g/mol. The van der Waals surface area contributed by atoms with Crippen LogP contribution in [0, 0.1) is 5.92 Å². The van der Waals surface area contributed by atoms with Crippen molar-refractivity contribution in [2.75, 3.05) is 6.61 Å². The topological polar surface area (TPSA) is 52.5 Å². The smallest absolute Gasteiger partial charge is 0.0662 e. The summed E-state index contributed by atoms with van der Waals surface area (Å²) in [5.74, 6) is 0.480. The number of hydrogen-bond acceptors (Lipinski definition) is 3. The Bertz CT molecular complexity index is 126. The number of nitrogens with one attached hydrogen (secondary N) is 1. The molecule has 0 amide bonds. The van der Waals surface area contributed by atoms with E-state index in [4.69, 9.17) is 5.11 Å². The molecule has 0 aliphatic heterocycles. The summed E-state index contributed by atoms with van der Waals surface area (Å²) in [6.45, 7) is 8.15. The maximum Gasteiger partial charge on any atom is 0.0662 e. The van der Waals surface area contributed by atoms with E-state index in [0.717, 1.165) is 6.42 Å². The van der Waals surface area contributed by atoms with Gasteiger partial charge in [0.1, 0.15) is 0 Å². The monoisotopic (exact) mass is 189 g/mol. The van der Waals surface area contributed by atoms with Crippen LogP contribution in [-0.4, -0.2) is 35.0 Å². The molecule has 0 aliphatic rings. The first-order valence-corrected chi connectivity index (χ1v) is 5.04. The summed E-state index contributed by atoms with van der Waals surface area (Å²) in [6, 6.07) is 0.369. The van der Waals surface area contributed by atoms with Crippen molar-refractivity contribution in [1.82, 2.24) is 5.32 Å². The fourth-order valence-electron chi connectivity index (χ4n) is 1.23. The van der Waals surface area contributed by atoms with Gasteiger partial charge in [0.15, 0.2) is 0 Å². The molecule has 0 fully saturated rings. The molecule has 0 aromatic rings. The standard InChI is InChI=1S/C10H23NO2/c1-7(2)10(5-6-12)11-8(3)9(4)13/h7-13H,5-6H2,1-4H3. The van der Waals surface area contributed by atoms with E-state index in [-0.39, 0.29) is 24.8 Å². The molecule has 0 bridgehead atoms. The van der Waals surface area contributed by atoms with Crippen LogP contribution >= 0.6 is 0 Å². The van der Waals surface area contributed by atoms with Crippen LogP contribution in [0.15, 0.2) is 0 Å². The van der Waals surface area contributed by atoms with Gasteiger partial charge in [-0.2, -0.15) is 0 Å². The van der Waals surface area contributed by atoms with E-state index in [1.807, 2.05) is 6.92 Å². The molecule has 0 aromatic carbocycles. The van der Waals surface area contributed by atoms with E-state index in [9.17, 15) is 5.11 Å². The Morgan fingerprint density at radius 1 is 1.15 bits per heavy atom. The Morgan fingerprint density at radius 2 is 1.69 bits per heavy atom. The highest BCUT2D eigenvalue weighted by Crippen LogP contribution is 2.07. The van der Waals surface area contributed by atoms with Crippen LogP contribution in [0.3, 0.4) is 0 Å². The first-order valence-electron chi connectivity index (χ1n) is 5.04. The zero-order valence-electron chi connectivity index (χ0n) is 9.12. The van der Waals surface area contributed by atoms with E-state index in [2.05, 4.69) is 19.2 Å². The van der Waals surface area contributed by atoms with E-state index < -0.39 is 0 Å². The van der Waals surface area contributed by atoms with Crippen molar-refractivity contribution in [1.29, 1.82) is 0 Å². The summed E-state index contributed by atoms with van der Waals surface area (Å²) in [4.78, 5) is 0. The lowest BCUT2D eigenvalue weighted by Crippen LogP contribution is -2.45. The zero-order valence-corrected chi connectivity index (χ0v) is 9.12. The van der Waals surface area contributed by atoms with Gasteiger partial charge >= 0.3 is 0 Å². The maximum absolute atomic E-state index is 9.29. The highest BCUT2D eigenvalue weighted by molar-refractivity contribution is 4.76. The van der Waals surface area contributed by atoms with Crippen molar-refractivity contribution < 1.29 is 10.2 Å². The Hall–Kier alpha value is -0.120. The molecule has 0 aliphatic carbocycles. The van der Waals surface area contributed by atoms with E-state index in [1.54, 1.807) is 6.92 Å². The summed E-state index contributed by atoms with van der Waals surface area (Å²) < 4.78 is 0. The summed E-state index contributed by atoms with van der Waals surface area (Å²) in [7, 11) is 0. The molecule has 0 saturated heterocycles. The second-order valence-electron chi connectivity index (χ2n) is 4.06. The molecule has 13 heavy (non-hydrogen) atoms. The van der Waals surface area contributed by atoms with Gasteiger partial charge in [-0.3, -0.25) is 0 Å². The molecule has 3 heteroatoms. The minimum atomic E-state index is -0.347. The average molecular weight is 189 g/mol. The lowest BCUT2D eigenvalue weighted by molar-refractivity contribution is 0.134. The van der Waals surface area contributed by atoms with Gasteiger partial charge in [0.05, 0.1) is 6.10 Å². The highest BCUT2D eigenvalue weighted by atomic mass is 16.3. The third-order valence-corrected chi connectivity index (χ3v) is 2.45. The van der Waals surface area contributed by atoms with E-state index in [1.165, 1.54) is 0 Å². The minimum absolute atomic E-state index is 0.0824. The van der Waals surface area contributed by atoms with Crippen molar-refractivity contribution in [2.24, 2.45) is 5.92 Å². The van der Waals surface area contributed by atoms with Crippen LogP contribution in [0.4, 0.5) is 0 Å². The number of aliphatic hydroxyl groups is 2. The Labute approximate surface area is 81.2 Å². The highest BCUT2D eigenvalue weighted by Gasteiger charge is 2.17. The molecule has 0 rings (SSSR count). The normalized spacial score (nSPS) is 18.7. The quantitative estimate of drug-likeness (QED) is 0.578. The lowest BCUT2D eigenvalue weighted by atomic mass is 9.99. The second-order valence-corrected chi connectivity index (χ2v) is 4.06. The predicted molar refractivity (Wildman–Crippen MR) is 54.6 cm³/mol. The largest absolute Gasteiger partial charge is 0.396 e. The van der Waals surface area contributed by atoms with Crippen molar-refractivity contribution >= 4 is 0 Å². The Balaban J connectivity index is 3.94.